The summed E-state index contributed by atoms with van der Waals surface area (Å²) in [4.78, 5) is 0. The van der Waals surface area contributed by atoms with Crippen LogP contribution in [0.1, 0.15) is 18.4 Å². The molecule has 104 valence electrons. The fraction of sp³-hybridized carbons (Fsp3) is 0.429. The number of benzene rings is 1. The van der Waals surface area contributed by atoms with Gasteiger partial charge in [-0.25, -0.2) is 12.8 Å². The average Bonchev–Trinajstić information content (AvgIpc) is 2.35. The Labute approximate surface area is 113 Å². The van der Waals surface area contributed by atoms with E-state index in [0.717, 1.165) is 5.56 Å². The van der Waals surface area contributed by atoms with Crippen molar-refractivity contribution >= 4 is 9.84 Å². The lowest BCUT2D eigenvalue weighted by molar-refractivity contribution is 0.181. The SMILES string of the molecule is C=CCc1ccc(OC2CCS(=O)(=O)CC2)c(F)c1. The van der Waals surface area contributed by atoms with Crippen molar-refractivity contribution in [1.29, 1.82) is 0 Å². The smallest absolute Gasteiger partial charge is 0.165 e. The van der Waals surface area contributed by atoms with Crippen LogP contribution in [0.4, 0.5) is 4.39 Å². The predicted octanol–water partition coefficient (Wildman–Crippen LogP) is 2.51. The van der Waals surface area contributed by atoms with Gasteiger partial charge in [-0.3, -0.25) is 0 Å². The summed E-state index contributed by atoms with van der Waals surface area (Å²) < 4.78 is 41.9. The molecule has 2 rings (SSSR count). The Bertz CT molecular complexity index is 552. The Balaban J connectivity index is 2.02. The summed E-state index contributed by atoms with van der Waals surface area (Å²) in [5, 5.41) is 0. The van der Waals surface area contributed by atoms with E-state index in [4.69, 9.17) is 4.74 Å². The maximum absolute atomic E-state index is 13.8. The highest BCUT2D eigenvalue weighted by Gasteiger charge is 2.25. The van der Waals surface area contributed by atoms with Gasteiger partial charge in [0.05, 0.1) is 11.5 Å². The average molecular weight is 284 g/mol. The van der Waals surface area contributed by atoms with Crippen LogP contribution in [0, 0.1) is 5.82 Å². The number of rotatable bonds is 4. The van der Waals surface area contributed by atoms with Crippen LogP contribution in [0.15, 0.2) is 30.9 Å². The summed E-state index contributed by atoms with van der Waals surface area (Å²) in [6.45, 7) is 3.60. The first kappa shape index (κ1) is 14.1. The highest BCUT2D eigenvalue weighted by molar-refractivity contribution is 7.91. The van der Waals surface area contributed by atoms with Crippen molar-refractivity contribution in [3.05, 3.63) is 42.2 Å². The van der Waals surface area contributed by atoms with E-state index in [0.29, 0.717) is 19.3 Å². The van der Waals surface area contributed by atoms with Crippen molar-refractivity contribution in [1.82, 2.24) is 0 Å². The van der Waals surface area contributed by atoms with Gasteiger partial charge < -0.3 is 4.74 Å². The quantitative estimate of drug-likeness (QED) is 0.798. The first-order valence-electron chi connectivity index (χ1n) is 6.26. The predicted molar refractivity (Wildman–Crippen MR) is 72.6 cm³/mol. The van der Waals surface area contributed by atoms with Gasteiger partial charge in [0.15, 0.2) is 21.4 Å². The molecular formula is C14H17FO3S. The molecule has 0 radical (unpaired) electrons. The molecule has 19 heavy (non-hydrogen) atoms. The molecule has 0 spiro atoms. The zero-order valence-corrected chi connectivity index (χ0v) is 11.5. The number of halogens is 1. The first-order chi connectivity index (χ1) is 9.00. The van der Waals surface area contributed by atoms with Gasteiger partial charge in [0, 0.05) is 0 Å². The number of hydrogen-bond donors (Lipinski definition) is 0. The fourth-order valence-electron chi connectivity index (χ4n) is 2.10. The Morgan fingerprint density at radius 1 is 1.37 bits per heavy atom. The van der Waals surface area contributed by atoms with Gasteiger partial charge >= 0.3 is 0 Å². The highest BCUT2D eigenvalue weighted by atomic mass is 32.2. The van der Waals surface area contributed by atoms with Crippen LogP contribution in [0.3, 0.4) is 0 Å². The van der Waals surface area contributed by atoms with E-state index in [1.807, 2.05) is 0 Å². The fourth-order valence-corrected chi connectivity index (χ4v) is 3.55. The van der Waals surface area contributed by atoms with Gasteiger partial charge in [-0.15, -0.1) is 6.58 Å². The van der Waals surface area contributed by atoms with Crippen molar-refractivity contribution in [3.63, 3.8) is 0 Å². The Kier molecular flexibility index (Phi) is 4.24. The van der Waals surface area contributed by atoms with Crippen molar-refractivity contribution in [3.8, 4) is 5.75 Å². The van der Waals surface area contributed by atoms with E-state index < -0.39 is 15.7 Å². The van der Waals surface area contributed by atoms with E-state index in [-0.39, 0.29) is 23.4 Å². The summed E-state index contributed by atoms with van der Waals surface area (Å²) >= 11 is 0. The number of allylic oxidation sites excluding steroid dienone is 1. The Hall–Kier alpha value is -1.36. The molecule has 1 aromatic carbocycles. The minimum Gasteiger partial charge on any atom is -0.487 e. The first-order valence-corrected chi connectivity index (χ1v) is 8.09. The van der Waals surface area contributed by atoms with Crippen LogP contribution in [-0.4, -0.2) is 26.0 Å². The maximum atomic E-state index is 13.8. The van der Waals surface area contributed by atoms with Crippen molar-refractivity contribution in [2.75, 3.05) is 11.5 Å². The van der Waals surface area contributed by atoms with Gasteiger partial charge in [0.25, 0.3) is 0 Å². The standard InChI is InChI=1S/C14H17FO3S/c1-2-3-11-4-5-14(13(15)10-11)18-12-6-8-19(16,17)9-7-12/h2,4-5,10,12H,1,3,6-9H2. The summed E-state index contributed by atoms with van der Waals surface area (Å²) in [5.74, 6) is 0.0201. The third-order valence-electron chi connectivity index (χ3n) is 3.17. The molecule has 0 saturated carbocycles. The molecule has 1 aromatic rings. The van der Waals surface area contributed by atoms with Gasteiger partial charge in [-0.1, -0.05) is 12.1 Å². The van der Waals surface area contributed by atoms with E-state index in [1.165, 1.54) is 6.07 Å². The highest BCUT2D eigenvalue weighted by Crippen LogP contribution is 2.24. The minimum atomic E-state index is -2.92. The third kappa shape index (κ3) is 3.80. The number of hydrogen-bond acceptors (Lipinski definition) is 3. The Morgan fingerprint density at radius 3 is 2.63 bits per heavy atom. The lowest BCUT2D eigenvalue weighted by atomic mass is 10.1. The van der Waals surface area contributed by atoms with Crippen LogP contribution < -0.4 is 4.74 Å². The molecular weight excluding hydrogens is 267 g/mol. The molecule has 5 heteroatoms. The normalized spacial score (nSPS) is 19.0. The van der Waals surface area contributed by atoms with E-state index >= 15 is 0 Å². The molecule has 1 heterocycles. The summed E-state index contributed by atoms with van der Waals surface area (Å²) in [5.41, 5.74) is 0.839. The summed E-state index contributed by atoms with van der Waals surface area (Å²) in [6, 6.07) is 4.81. The topological polar surface area (TPSA) is 43.4 Å². The van der Waals surface area contributed by atoms with Gasteiger partial charge in [0.2, 0.25) is 0 Å². The van der Waals surface area contributed by atoms with Crippen LogP contribution >= 0.6 is 0 Å². The van der Waals surface area contributed by atoms with E-state index in [9.17, 15) is 12.8 Å². The van der Waals surface area contributed by atoms with E-state index in [1.54, 1.807) is 18.2 Å². The van der Waals surface area contributed by atoms with Crippen LogP contribution in [-0.2, 0) is 16.3 Å². The molecule has 1 aliphatic heterocycles. The molecule has 0 unspecified atom stereocenters. The van der Waals surface area contributed by atoms with Crippen LogP contribution in [0.25, 0.3) is 0 Å². The second-order valence-corrected chi connectivity index (χ2v) is 7.03. The van der Waals surface area contributed by atoms with Gasteiger partial charge in [-0.2, -0.15) is 0 Å². The molecule has 1 aliphatic rings. The lowest BCUT2D eigenvalue weighted by Crippen LogP contribution is -2.30. The van der Waals surface area contributed by atoms with Crippen molar-refractivity contribution in [2.45, 2.75) is 25.4 Å². The third-order valence-corrected chi connectivity index (χ3v) is 4.89. The van der Waals surface area contributed by atoms with Crippen LogP contribution in [0.5, 0.6) is 5.75 Å². The number of ether oxygens (including phenoxy) is 1. The van der Waals surface area contributed by atoms with Gasteiger partial charge in [-0.05, 0) is 37.0 Å². The van der Waals surface area contributed by atoms with E-state index in [2.05, 4.69) is 6.58 Å². The molecule has 3 nitrogen and oxygen atoms in total. The van der Waals surface area contributed by atoms with Crippen molar-refractivity contribution in [2.24, 2.45) is 0 Å². The Morgan fingerprint density at radius 2 is 2.05 bits per heavy atom. The van der Waals surface area contributed by atoms with Crippen molar-refractivity contribution < 1.29 is 17.5 Å². The zero-order chi connectivity index (χ0) is 13.9. The second-order valence-electron chi connectivity index (χ2n) is 4.73. The lowest BCUT2D eigenvalue weighted by Gasteiger charge is -2.23. The summed E-state index contributed by atoms with van der Waals surface area (Å²) in [7, 11) is -2.92. The monoisotopic (exact) mass is 284 g/mol. The molecule has 0 aliphatic carbocycles. The molecule has 0 amide bonds. The maximum Gasteiger partial charge on any atom is 0.165 e. The summed E-state index contributed by atoms with van der Waals surface area (Å²) in [6.07, 6.45) is 2.95. The molecule has 0 atom stereocenters. The largest absolute Gasteiger partial charge is 0.487 e. The number of sulfone groups is 1. The molecule has 1 saturated heterocycles. The molecule has 0 bridgehead atoms. The van der Waals surface area contributed by atoms with Gasteiger partial charge in [0.1, 0.15) is 6.10 Å². The van der Waals surface area contributed by atoms with Crippen LogP contribution in [0.2, 0.25) is 0 Å². The molecule has 0 aromatic heterocycles. The second kappa shape index (κ2) is 5.74. The molecule has 1 fully saturated rings. The minimum absolute atomic E-state index is 0.119. The molecule has 0 N–H and O–H groups in total. The zero-order valence-electron chi connectivity index (χ0n) is 10.6.